The molecule has 0 saturated heterocycles. The van der Waals surface area contributed by atoms with Gasteiger partial charge in [-0.05, 0) is 41.6 Å². The highest BCUT2D eigenvalue weighted by molar-refractivity contribution is 7.09. The first-order valence-corrected chi connectivity index (χ1v) is 10.7. The molecule has 0 aliphatic heterocycles. The average molecular weight is 442 g/mol. The molecule has 3 aromatic rings. The maximum atomic E-state index is 11.8. The summed E-state index contributed by atoms with van der Waals surface area (Å²) in [5.41, 5.74) is 2.21. The van der Waals surface area contributed by atoms with Crippen LogP contribution >= 0.6 is 11.3 Å². The summed E-state index contributed by atoms with van der Waals surface area (Å²) in [5, 5.41) is 20.7. The fourth-order valence-corrected chi connectivity index (χ4v) is 3.89. The predicted octanol–water partition coefficient (Wildman–Crippen LogP) is 4.91. The molecule has 5 N–H and O–H groups in total. The SMILES string of the molecule is CCCCc1ncc(/C=C(\Cc2cccs2)C(=O)O)n1Cc1ccc(C(=O)O)cc1.N. The van der Waals surface area contributed by atoms with Gasteiger partial charge in [-0.3, -0.25) is 0 Å². The molecule has 0 aliphatic carbocycles. The molecule has 0 aliphatic rings. The van der Waals surface area contributed by atoms with E-state index in [0.29, 0.717) is 18.5 Å². The molecule has 0 unspecified atom stereocenters. The van der Waals surface area contributed by atoms with Crippen LogP contribution in [0.1, 0.15) is 52.1 Å². The Morgan fingerprint density at radius 1 is 1.16 bits per heavy atom. The summed E-state index contributed by atoms with van der Waals surface area (Å²) >= 11 is 1.53. The average Bonchev–Trinajstić information content (AvgIpc) is 3.37. The van der Waals surface area contributed by atoms with Crippen LogP contribution in [0.15, 0.2) is 53.5 Å². The largest absolute Gasteiger partial charge is 0.478 e. The van der Waals surface area contributed by atoms with Crippen molar-refractivity contribution in [2.24, 2.45) is 0 Å². The van der Waals surface area contributed by atoms with E-state index in [-0.39, 0.29) is 11.7 Å². The van der Waals surface area contributed by atoms with Crippen molar-refractivity contribution >= 4 is 29.4 Å². The summed E-state index contributed by atoms with van der Waals surface area (Å²) in [6.45, 7) is 2.61. The third-order valence-electron chi connectivity index (χ3n) is 4.81. The lowest BCUT2D eigenvalue weighted by molar-refractivity contribution is -0.132. The molecule has 1 aromatic carbocycles. The standard InChI is InChI=1S/C23H24N2O4S.H3N/c1-2-3-6-21-24-14-19(12-18(23(28)29)13-20-5-4-11-30-20)25(21)15-16-7-9-17(10-8-16)22(26)27;/h4-5,7-12,14H,2-3,6,13,15H2,1H3,(H,26,27)(H,28,29);1H3/b18-12+;. The molecule has 0 atom stereocenters. The van der Waals surface area contributed by atoms with Crippen LogP contribution in [-0.2, 0) is 24.2 Å². The van der Waals surface area contributed by atoms with Crippen molar-refractivity contribution in [2.45, 2.75) is 39.2 Å². The molecule has 0 fully saturated rings. The zero-order chi connectivity index (χ0) is 21.5. The van der Waals surface area contributed by atoms with Crippen molar-refractivity contribution in [2.75, 3.05) is 0 Å². The second-order valence-corrected chi connectivity index (χ2v) is 8.05. The lowest BCUT2D eigenvalue weighted by Crippen LogP contribution is -2.09. The van der Waals surface area contributed by atoms with Crippen LogP contribution in [0.4, 0.5) is 0 Å². The molecule has 2 aromatic heterocycles. The Morgan fingerprint density at radius 3 is 2.48 bits per heavy atom. The topological polar surface area (TPSA) is 127 Å². The van der Waals surface area contributed by atoms with Gasteiger partial charge < -0.3 is 20.9 Å². The summed E-state index contributed by atoms with van der Waals surface area (Å²) in [4.78, 5) is 28.5. The predicted molar refractivity (Wildman–Crippen MR) is 122 cm³/mol. The molecule has 0 spiro atoms. The number of rotatable bonds is 10. The molecule has 0 amide bonds. The Bertz CT molecular complexity index is 1040. The van der Waals surface area contributed by atoms with E-state index in [9.17, 15) is 14.7 Å². The zero-order valence-corrected chi connectivity index (χ0v) is 18.3. The number of nitrogens with zero attached hydrogens (tertiary/aromatic N) is 2. The lowest BCUT2D eigenvalue weighted by atomic mass is 10.1. The quantitative estimate of drug-likeness (QED) is 0.384. The Balaban J connectivity index is 0.00000341. The number of carboxylic acids is 2. The summed E-state index contributed by atoms with van der Waals surface area (Å²) < 4.78 is 2.02. The number of carbonyl (C=O) groups is 2. The van der Waals surface area contributed by atoms with Gasteiger partial charge in [-0.25, -0.2) is 14.6 Å². The van der Waals surface area contributed by atoms with E-state index >= 15 is 0 Å². The van der Waals surface area contributed by atoms with Gasteiger partial charge >= 0.3 is 11.9 Å². The molecule has 2 heterocycles. The van der Waals surface area contributed by atoms with Crippen LogP contribution < -0.4 is 6.15 Å². The molecule has 3 rings (SSSR count). The van der Waals surface area contributed by atoms with Crippen molar-refractivity contribution in [1.82, 2.24) is 15.7 Å². The van der Waals surface area contributed by atoms with Crippen molar-refractivity contribution in [1.29, 1.82) is 0 Å². The van der Waals surface area contributed by atoms with Gasteiger partial charge in [-0.15, -0.1) is 11.3 Å². The third kappa shape index (κ3) is 6.37. The molecular weight excluding hydrogens is 414 g/mol. The van der Waals surface area contributed by atoms with E-state index in [1.165, 1.54) is 11.3 Å². The van der Waals surface area contributed by atoms with E-state index < -0.39 is 11.9 Å². The number of thiophene rings is 1. The Labute approximate surface area is 185 Å². The normalized spacial score (nSPS) is 11.2. The van der Waals surface area contributed by atoms with E-state index in [0.717, 1.165) is 41.2 Å². The number of carboxylic acid groups (broad SMARTS) is 2. The van der Waals surface area contributed by atoms with Crippen LogP contribution in [-0.4, -0.2) is 31.7 Å². The number of aromatic carboxylic acids is 1. The smallest absolute Gasteiger partial charge is 0.335 e. The molecule has 164 valence electrons. The molecule has 0 bridgehead atoms. The van der Waals surface area contributed by atoms with Gasteiger partial charge in [0.2, 0.25) is 0 Å². The van der Waals surface area contributed by atoms with Crippen molar-refractivity contribution in [3.8, 4) is 0 Å². The van der Waals surface area contributed by atoms with E-state index in [1.807, 2.05) is 22.1 Å². The number of hydrogen-bond acceptors (Lipinski definition) is 5. The number of aryl methyl sites for hydroxylation is 1. The minimum atomic E-state index is -0.962. The fourth-order valence-electron chi connectivity index (χ4n) is 3.16. The molecular formula is C23H27N3O4S. The Hall–Kier alpha value is -3.23. The van der Waals surface area contributed by atoms with E-state index in [1.54, 1.807) is 36.5 Å². The van der Waals surface area contributed by atoms with E-state index in [4.69, 9.17) is 5.11 Å². The Kier molecular flexibility index (Phi) is 8.72. The number of imidazole rings is 1. The number of aromatic nitrogens is 2. The minimum absolute atomic E-state index is 0. The monoisotopic (exact) mass is 441 g/mol. The first-order valence-electron chi connectivity index (χ1n) is 9.80. The Morgan fingerprint density at radius 2 is 1.90 bits per heavy atom. The summed E-state index contributed by atoms with van der Waals surface area (Å²) in [7, 11) is 0. The molecule has 0 saturated carbocycles. The molecule has 8 heteroatoms. The van der Waals surface area contributed by atoms with Gasteiger partial charge in [-0.2, -0.15) is 0 Å². The lowest BCUT2D eigenvalue weighted by Gasteiger charge is -2.12. The summed E-state index contributed by atoms with van der Waals surface area (Å²) in [6, 6.07) is 10.6. The van der Waals surface area contributed by atoms with Gasteiger partial charge in [-0.1, -0.05) is 31.5 Å². The number of unbranched alkanes of at least 4 members (excludes halogenated alkanes) is 1. The van der Waals surface area contributed by atoms with Crippen molar-refractivity contribution < 1.29 is 19.8 Å². The second kappa shape index (κ2) is 11.2. The van der Waals surface area contributed by atoms with Gasteiger partial charge in [0.15, 0.2) is 0 Å². The van der Waals surface area contributed by atoms with Crippen molar-refractivity contribution in [3.63, 3.8) is 0 Å². The first-order chi connectivity index (χ1) is 14.5. The maximum absolute atomic E-state index is 11.8. The third-order valence-corrected chi connectivity index (χ3v) is 5.68. The van der Waals surface area contributed by atoms with Gasteiger partial charge in [0.05, 0.1) is 17.5 Å². The highest BCUT2D eigenvalue weighted by Gasteiger charge is 2.14. The first kappa shape index (κ1) is 24.0. The van der Waals surface area contributed by atoms with Gasteiger partial charge in [0.1, 0.15) is 5.82 Å². The highest BCUT2D eigenvalue weighted by atomic mass is 32.1. The fraction of sp³-hybridized carbons (Fsp3) is 0.261. The van der Waals surface area contributed by atoms with Crippen LogP contribution in [0, 0.1) is 0 Å². The molecule has 0 radical (unpaired) electrons. The molecule has 7 nitrogen and oxygen atoms in total. The van der Waals surface area contributed by atoms with Crippen LogP contribution in [0.5, 0.6) is 0 Å². The van der Waals surface area contributed by atoms with Gasteiger partial charge in [0, 0.05) is 29.8 Å². The van der Waals surface area contributed by atoms with Crippen LogP contribution in [0.3, 0.4) is 0 Å². The summed E-state index contributed by atoms with van der Waals surface area (Å²) in [6.07, 6.45) is 6.58. The number of hydrogen-bond donors (Lipinski definition) is 3. The maximum Gasteiger partial charge on any atom is 0.335 e. The van der Waals surface area contributed by atoms with E-state index in [2.05, 4.69) is 11.9 Å². The number of benzene rings is 1. The zero-order valence-electron chi connectivity index (χ0n) is 17.5. The number of aliphatic carboxylic acids is 1. The molecule has 31 heavy (non-hydrogen) atoms. The second-order valence-electron chi connectivity index (χ2n) is 7.02. The minimum Gasteiger partial charge on any atom is -0.478 e. The van der Waals surface area contributed by atoms with Crippen molar-refractivity contribution in [3.05, 3.63) is 81.1 Å². The highest BCUT2D eigenvalue weighted by Crippen LogP contribution is 2.20. The van der Waals surface area contributed by atoms with Crippen LogP contribution in [0.25, 0.3) is 6.08 Å². The van der Waals surface area contributed by atoms with Crippen LogP contribution in [0.2, 0.25) is 0 Å². The summed E-state index contributed by atoms with van der Waals surface area (Å²) in [5.74, 6) is -1.01. The van der Waals surface area contributed by atoms with Gasteiger partial charge in [0.25, 0.3) is 0 Å².